The summed E-state index contributed by atoms with van der Waals surface area (Å²) in [7, 11) is 0. The van der Waals surface area contributed by atoms with Gasteiger partial charge < -0.3 is 20.6 Å². The monoisotopic (exact) mass is 270 g/mol. The van der Waals surface area contributed by atoms with Crippen molar-refractivity contribution in [2.24, 2.45) is 0 Å². The second kappa shape index (κ2) is 6.23. The van der Waals surface area contributed by atoms with Gasteiger partial charge in [-0.1, -0.05) is 6.07 Å². The highest BCUT2D eigenvalue weighted by molar-refractivity contribution is 5.91. The van der Waals surface area contributed by atoms with E-state index in [1.807, 2.05) is 0 Å². The molecule has 0 fully saturated rings. The second-order valence-corrected chi connectivity index (χ2v) is 3.91. The Morgan fingerprint density at radius 2 is 2.11 bits per heavy atom. The largest absolute Gasteiger partial charge is 0.394 e. The predicted octanol–water partition coefficient (Wildman–Crippen LogP) is -0.0602. The average Bonchev–Trinajstić information content (AvgIpc) is 2.36. The van der Waals surface area contributed by atoms with Crippen LogP contribution in [0, 0.1) is 10.1 Å². The number of benzene rings is 1. The Bertz CT molecular complexity index is 490. The summed E-state index contributed by atoms with van der Waals surface area (Å²) < 4.78 is 0. The number of nitrogens with zero attached hydrogens (tertiary/aromatic N) is 1. The van der Waals surface area contributed by atoms with E-state index in [2.05, 4.69) is 5.32 Å². The van der Waals surface area contributed by atoms with Crippen LogP contribution in [0.15, 0.2) is 18.2 Å². The number of aliphatic hydroxyl groups excluding tert-OH is 3. The summed E-state index contributed by atoms with van der Waals surface area (Å²) in [6.45, 7) is 0.532. The molecule has 1 rings (SSSR count). The molecule has 104 valence electrons. The molecule has 0 saturated carbocycles. The topological polar surface area (TPSA) is 133 Å². The number of carbonyl (C=O) groups excluding carboxylic acids is 1. The van der Waals surface area contributed by atoms with Crippen LogP contribution in [0.25, 0.3) is 0 Å². The molecule has 1 amide bonds. The van der Waals surface area contributed by atoms with Crippen molar-refractivity contribution < 1.29 is 25.0 Å². The van der Waals surface area contributed by atoms with Gasteiger partial charge in [0.05, 0.1) is 11.5 Å². The van der Waals surface area contributed by atoms with E-state index in [0.717, 1.165) is 6.07 Å². The highest BCUT2D eigenvalue weighted by atomic mass is 16.6. The second-order valence-electron chi connectivity index (χ2n) is 3.91. The standard InChI is InChI=1S/C11H14N2O6/c1-6(15)12-8-3-2-7(4-9(8)13(18)19)11(17)10(16)5-14/h2-4,10-11,14,16-17H,5H2,1H3,(H,12,15). The molecular weight excluding hydrogens is 256 g/mol. The summed E-state index contributed by atoms with van der Waals surface area (Å²) in [5.41, 5.74) is -0.341. The van der Waals surface area contributed by atoms with E-state index in [0.29, 0.717) is 0 Å². The summed E-state index contributed by atoms with van der Waals surface area (Å²) in [6, 6.07) is 3.61. The van der Waals surface area contributed by atoms with E-state index < -0.39 is 35.3 Å². The lowest BCUT2D eigenvalue weighted by atomic mass is 10.0. The molecule has 0 radical (unpaired) electrons. The summed E-state index contributed by atoms with van der Waals surface area (Å²) in [5, 5.41) is 40.8. The number of nitrogens with one attached hydrogen (secondary N) is 1. The molecule has 0 heterocycles. The zero-order valence-corrected chi connectivity index (χ0v) is 10.1. The molecule has 0 aliphatic rings. The Hall–Kier alpha value is -2.03. The lowest BCUT2D eigenvalue weighted by molar-refractivity contribution is -0.384. The van der Waals surface area contributed by atoms with Crippen molar-refractivity contribution in [2.75, 3.05) is 11.9 Å². The molecule has 2 unspecified atom stereocenters. The van der Waals surface area contributed by atoms with E-state index in [9.17, 15) is 25.1 Å². The van der Waals surface area contributed by atoms with Crippen LogP contribution in [0.3, 0.4) is 0 Å². The van der Waals surface area contributed by atoms with Gasteiger partial charge in [0, 0.05) is 13.0 Å². The zero-order chi connectivity index (χ0) is 14.6. The Kier molecular flexibility index (Phi) is 4.93. The van der Waals surface area contributed by atoms with Crippen LogP contribution < -0.4 is 5.32 Å². The van der Waals surface area contributed by atoms with Crippen LogP contribution in [-0.4, -0.2) is 38.9 Å². The van der Waals surface area contributed by atoms with E-state index >= 15 is 0 Å². The number of amides is 1. The molecule has 1 aromatic rings. The lowest BCUT2D eigenvalue weighted by Gasteiger charge is -2.16. The molecule has 0 spiro atoms. The molecule has 19 heavy (non-hydrogen) atoms. The molecule has 1 aromatic carbocycles. The molecule has 4 N–H and O–H groups in total. The number of hydrogen-bond acceptors (Lipinski definition) is 6. The first-order valence-corrected chi connectivity index (χ1v) is 5.39. The van der Waals surface area contributed by atoms with Gasteiger partial charge in [-0.15, -0.1) is 0 Å². The molecule has 0 saturated heterocycles. The first-order valence-electron chi connectivity index (χ1n) is 5.39. The van der Waals surface area contributed by atoms with E-state index in [1.54, 1.807) is 0 Å². The third kappa shape index (κ3) is 3.71. The number of carbonyl (C=O) groups is 1. The molecule has 8 heteroatoms. The smallest absolute Gasteiger partial charge is 0.293 e. The number of anilines is 1. The van der Waals surface area contributed by atoms with Gasteiger partial charge in [-0.05, 0) is 11.6 Å². The molecule has 0 aliphatic carbocycles. The van der Waals surface area contributed by atoms with Gasteiger partial charge in [0.25, 0.3) is 5.69 Å². The minimum Gasteiger partial charge on any atom is -0.394 e. The third-order valence-electron chi connectivity index (χ3n) is 2.42. The van der Waals surface area contributed by atoms with Crippen molar-refractivity contribution in [3.8, 4) is 0 Å². The van der Waals surface area contributed by atoms with Gasteiger partial charge in [-0.2, -0.15) is 0 Å². The highest BCUT2D eigenvalue weighted by Gasteiger charge is 2.22. The van der Waals surface area contributed by atoms with Crippen LogP contribution in [0.5, 0.6) is 0 Å². The molecule has 2 atom stereocenters. The Labute approximate surface area is 108 Å². The zero-order valence-electron chi connectivity index (χ0n) is 10.1. The van der Waals surface area contributed by atoms with Gasteiger partial charge in [0.2, 0.25) is 5.91 Å². The van der Waals surface area contributed by atoms with Crippen molar-refractivity contribution >= 4 is 17.3 Å². The molecule has 0 aromatic heterocycles. The van der Waals surface area contributed by atoms with Gasteiger partial charge in [-0.3, -0.25) is 14.9 Å². The maximum absolute atomic E-state index is 10.9. The quantitative estimate of drug-likeness (QED) is 0.437. The highest BCUT2D eigenvalue weighted by Crippen LogP contribution is 2.29. The van der Waals surface area contributed by atoms with Crippen LogP contribution in [0.1, 0.15) is 18.6 Å². The molecule has 0 bridgehead atoms. The number of rotatable bonds is 5. The number of aliphatic hydroxyl groups is 3. The minimum atomic E-state index is -1.45. The van der Waals surface area contributed by atoms with Gasteiger partial charge >= 0.3 is 0 Å². The van der Waals surface area contributed by atoms with Crippen molar-refractivity contribution in [3.63, 3.8) is 0 Å². The Morgan fingerprint density at radius 1 is 1.47 bits per heavy atom. The fraction of sp³-hybridized carbons (Fsp3) is 0.364. The molecular formula is C11H14N2O6. The summed E-state index contributed by atoms with van der Waals surface area (Å²) in [5.74, 6) is -0.466. The average molecular weight is 270 g/mol. The number of hydrogen-bond donors (Lipinski definition) is 4. The van der Waals surface area contributed by atoms with Gasteiger partial charge in [0.15, 0.2) is 0 Å². The summed E-state index contributed by atoms with van der Waals surface area (Å²) in [6.07, 6.45) is -2.89. The number of nitro benzene ring substituents is 1. The van der Waals surface area contributed by atoms with Crippen LogP contribution in [0.2, 0.25) is 0 Å². The maximum atomic E-state index is 10.9. The molecule has 8 nitrogen and oxygen atoms in total. The van der Waals surface area contributed by atoms with Crippen LogP contribution in [-0.2, 0) is 4.79 Å². The fourth-order valence-corrected chi connectivity index (χ4v) is 1.50. The van der Waals surface area contributed by atoms with E-state index in [-0.39, 0.29) is 11.3 Å². The first-order chi connectivity index (χ1) is 8.86. The van der Waals surface area contributed by atoms with Crippen molar-refractivity contribution in [1.29, 1.82) is 0 Å². The number of nitro groups is 1. The normalized spacial score (nSPS) is 13.7. The lowest BCUT2D eigenvalue weighted by Crippen LogP contribution is -2.22. The van der Waals surface area contributed by atoms with Crippen molar-refractivity contribution in [3.05, 3.63) is 33.9 Å². The SMILES string of the molecule is CC(=O)Nc1ccc(C(O)C(O)CO)cc1[N+](=O)[O-]. The fourth-order valence-electron chi connectivity index (χ4n) is 1.50. The third-order valence-corrected chi connectivity index (χ3v) is 2.42. The van der Waals surface area contributed by atoms with Gasteiger partial charge in [0.1, 0.15) is 17.9 Å². The first kappa shape index (κ1) is 15.0. The maximum Gasteiger partial charge on any atom is 0.293 e. The predicted molar refractivity (Wildman–Crippen MR) is 65.5 cm³/mol. The van der Waals surface area contributed by atoms with Crippen molar-refractivity contribution in [2.45, 2.75) is 19.1 Å². The summed E-state index contributed by atoms with van der Waals surface area (Å²) in [4.78, 5) is 21.1. The van der Waals surface area contributed by atoms with Gasteiger partial charge in [-0.25, -0.2) is 0 Å². The molecule has 0 aliphatic heterocycles. The van der Waals surface area contributed by atoms with Crippen molar-refractivity contribution in [1.82, 2.24) is 0 Å². The minimum absolute atomic E-state index is 0.00746. The van der Waals surface area contributed by atoms with Crippen LogP contribution >= 0.6 is 0 Å². The van der Waals surface area contributed by atoms with Crippen LogP contribution in [0.4, 0.5) is 11.4 Å². The summed E-state index contributed by atoms with van der Waals surface area (Å²) >= 11 is 0. The van der Waals surface area contributed by atoms with E-state index in [4.69, 9.17) is 5.11 Å². The van der Waals surface area contributed by atoms with E-state index in [1.165, 1.54) is 19.1 Å². The Balaban J connectivity index is 3.15. The Morgan fingerprint density at radius 3 is 2.58 bits per heavy atom.